The first-order valence-electron chi connectivity index (χ1n) is 8.60. The Bertz CT molecular complexity index is 508. The third kappa shape index (κ3) is 5.93. The summed E-state index contributed by atoms with van der Waals surface area (Å²) in [6.07, 6.45) is 6.80. The number of anilines is 1. The Labute approximate surface area is 138 Å². The summed E-state index contributed by atoms with van der Waals surface area (Å²) in [7, 11) is 0. The smallest absolute Gasteiger partial charge is 0.251 e. The van der Waals surface area contributed by atoms with Crippen LogP contribution < -0.4 is 16.0 Å². The van der Waals surface area contributed by atoms with Gasteiger partial charge in [-0.15, -0.1) is 0 Å². The molecule has 2 rings (SSSR count). The number of carbonyl (C=O) groups is 2. The topological polar surface area (TPSA) is 70.2 Å². The lowest BCUT2D eigenvalue weighted by Gasteiger charge is -2.22. The van der Waals surface area contributed by atoms with Gasteiger partial charge in [-0.25, -0.2) is 0 Å². The molecule has 0 radical (unpaired) electrons. The summed E-state index contributed by atoms with van der Waals surface area (Å²) in [5.74, 6) is -0.0323. The fraction of sp³-hybridized carbons (Fsp3) is 0.556. The summed E-state index contributed by atoms with van der Waals surface area (Å²) in [5.41, 5.74) is 1.48. The summed E-state index contributed by atoms with van der Waals surface area (Å²) in [4.78, 5) is 23.7. The second-order valence-electron chi connectivity index (χ2n) is 6.09. The minimum atomic E-state index is -0.0616. The van der Waals surface area contributed by atoms with Crippen LogP contribution in [0, 0.1) is 0 Å². The van der Waals surface area contributed by atoms with Crippen molar-refractivity contribution in [1.82, 2.24) is 10.6 Å². The predicted octanol–water partition coefficient (Wildman–Crippen LogP) is 2.69. The third-order valence-electron chi connectivity index (χ3n) is 4.11. The Morgan fingerprint density at radius 3 is 2.43 bits per heavy atom. The zero-order chi connectivity index (χ0) is 16.5. The van der Waals surface area contributed by atoms with Crippen LogP contribution in [0.4, 0.5) is 5.69 Å². The summed E-state index contributed by atoms with van der Waals surface area (Å²) in [6.45, 7) is 2.96. The lowest BCUT2D eigenvalue weighted by atomic mass is 9.95. The molecule has 1 aliphatic rings. The van der Waals surface area contributed by atoms with Crippen molar-refractivity contribution in [2.75, 3.05) is 18.4 Å². The van der Waals surface area contributed by atoms with Crippen molar-refractivity contribution in [2.24, 2.45) is 0 Å². The molecule has 0 saturated heterocycles. The zero-order valence-corrected chi connectivity index (χ0v) is 13.9. The van der Waals surface area contributed by atoms with E-state index in [9.17, 15) is 9.59 Å². The molecule has 0 spiro atoms. The number of hydrogen-bond donors (Lipinski definition) is 3. The maximum Gasteiger partial charge on any atom is 0.251 e. The van der Waals surface area contributed by atoms with Gasteiger partial charge in [-0.2, -0.15) is 0 Å². The van der Waals surface area contributed by atoms with Crippen LogP contribution in [0.5, 0.6) is 0 Å². The van der Waals surface area contributed by atoms with Crippen LogP contribution in [0.3, 0.4) is 0 Å². The van der Waals surface area contributed by atoms with Crippen LogP contribution in [0.2, 0.25) is 0 Å². The van der Waals surface area contributed by atoms with E-state index in [4.69, 9.17) is 0 Å². The summed E-state index contributed by atoms with van der Waals surface area (Å²) >= 11 is 0. The molecule has 0 aliphatic heterocycles. The molecule has 5 nitrogen and oxygen atoms in total. The highest BCUT2D eigenvalue weighted by atomic mass is 16.2. The van der Waals surface area contributed by atoms with Gasteiger partial charge in [0.2, 0.25) is 5.91 Å². The van der Waals surface area contributed by atoms with Crippen LogP contribution in [0.15, 0.2) is 24.3 Å². The van der Waals surface area contributed by atoms with Crippen molar-refractivity contribution in [2.45, 2.75) is 51.5 Å². The largest absolute Gasteiger partial charge is 0.376 e. The van der Waals surface area contributed by atoms with Crippen molar-refractivity contribution < 1.29 is 9.59 Å². The molecule has 23 heavy (non-hydrogen) atoms. The molecular weight excluding hydrogens is 290 g/mol. The normalized spacial score (nSPS) is 15.0. The number of carbonyl (C=O) groups excluding carboxylic acids is 2. The van der Waals surface area contributed by atoms with Gasteiger partial charge in [-0.3, -0.25) is 9.59 Å². The van der Waals surface area contributed by atoms with Gasteiger partial charge in [-0.1, -0.05) is 26.2 Å². The molecular formula is C18H27N3O2. The van der Waals surface area contributed by atoms with Crippen LogP contribution in [-0.2, 0) is 4.79 Å². The van der Waals surface area contributed by atoms with Gasteiger partial charge in [0, 0.05) is 23.8 Å². The Hall–Kier alpha value is -2.04. The second-order valence-corrected chi connectivity index (χ2v) is 6.09. The molecule has 2 amide bonds. The van der Waals surface area contributed by atoms with E-state index < -0.39 is 0 Å². The second kappa shape index (κ2) is 9.18. The molecule has 0 unspecified atom stereocenters. The lowest BCUT2D eigenvalue weighted by Crippen LogP contribution is -2.39. The molecule has 1 fully saturated rings. The maximum absolute atomic E-state index is 11.9. The Balaban J connectivity index is 1.74. The fourth-order valence-electron chi connectivity index (χ4n) is 2.79. The average Bonchev–Trinajstić information content (AvgIpc) is 2.59. The third-order valence-corrected chi connectivity index (χ3v) is 4.11. The van der Waals surface area contributed by atoms with Gasteiger partial charge in [0.25, 0.3) is 5.91 Å². The Morgan fingerprint density at radius 1 is 1.09 bits per heavy atom. The van der Waals surface area contributed by atoms with E-state index in [2.05, 4.69) is 16.0 Å². The van der Waals surface area contributed by atoms with Gasteiger partial charge >= 0.3 is 0 Å². The monoisotopic (exact) mass is 317 g/mol. The van der Waals surface area contributed by atoms with Gasteiger partial charge < -0.3 is 16.0 Å². The molecule has 1 aromatic rings. The number of benzene rings is 1. The van der Waals surface area contributed by atoms with Crippen LogP contribution in [-0.4, -0.2) is 30.9 Å². The number of nitrogens with one attached hydrogen (secondary N) is 3. The fourth-order valence-corrected chi connectivity index (χ4v) is 2.79. The van der Waals surface area contributed by atoms with E-state index in [1.807, 2.05) is 19.1 Å². The molecule has 1 aliphatic carbocycles. The molecule has 3 N–H and O–H groups in total. The van der Waals surface area contributed by atoms with E-state index in [1.165, 1.54) is 19.3 Å². The predicted molar refractivity (Wildman–Crippen MR) is 92.6 cm³/mol. The van der Waals surface area contributed by atoms with E-state index in [1.54, 1.807) is 12.1 Å². The highest BCUT2D eigenvalue weighted by Crippen LogP contribution is 2.17. The average molecular weight is 317 g/mol. The van der Waals surface area contributed by atoms with Crippen molar-refractivity contribution in [3.63, 3.8) is 0 Å². The first kappa shape index (κ1) is 17.3. The Kier molecular flexibility index (Phi) is 6.91. The van der Waals surface area contributed by atoms with E-state index >= 15 is 0 Å². The SMILES string of the molecule is CCCNC(=O)c1ccc(NCC(=O)NC2CCCCC2)cc1. The first-order chi connectivity index (χ1) is 11.2. The highest BCUT2D eigenvalue weighted by molar-refractivity contribution is 5.94. The number of hydrogen-bond acceptors (Lipinski definition) is 3. The van der Waals surface area contributed by atoms with Crippen LogP contribution in [0.25, 0.3) is 0 Å². The quantitative estimate of drug-likeness (QED) is 0.724. The van der Waals surface area contributed by atoms with Crippen molar-refractivity contribution in [1.29, 1.82) is 0 Å². The number of rotatable bonds is 7. The number of amides is 2. The van der Waals surface area contributed by atoms with Crippen molar-refractivity contribution in [3.8, 4) is 0 Å². The molecule has 1 aromatic carbocycles. The zero-order valence-electron chi connectivity index (χ0n) is 13.9. The van der Waals surface area contributed by atoms with Crippen molar-refractivity contribution >= 4 is 17.5 Å². The van der Waals surface area contributed by atoms with E-state index in [0.29, 0.717) is 18.2 Å². The summed E-state index contributed by atoms with van der Waals surface area (Å²) in [5, 5.41) is 9.02. The molecule has 0 bridgehead atoms. The van der Waals surface area contributed by atoms with Gasteiger partial charge in [0.15, 0.2) is 0 Å². The van der Waals surface area contributed by atoms with Gasteiger partial charge in [0.05, 0.1) is 6.54 Å². The van der Waals surface area contributed by atoms with Gasteiger partial charge in [-0.05, 0) is 43.5 Å². The molecule has 1 saturated carbocycles. The first-order valence-corrected chi connectivity index (χ1v) is 8.60. The lowest BCUT2D eigenvalue weighted by molar-refractivity contribution is -0.120. The van der Waals surface area contributed by atoms with Crippen LogP contribution in [0.1, 0.15) is 55.8 Å². The minimum absolute atomic E-state index is 0.0293. The van der Waals surface area contributed by atoms with Gasteiger partial charge in [0.1, 0.15) is 0 Å². The summed E-state index contributed by atoms with van der Waals surface area (Å²) in [6, 6.07) is 7.53. The van der Waals surface area contributed by atoms with Crippen LogP contribution >= 0.6 is 0 Å². The molecule has 126 valence electrons. The van der Waals surface area contributed by atoms with E-state index in [0.717, 1.165) is 24.9 Å². The molecule has 0 heterocycles. The highest BCUT2D eigenvalue weighted by Gasteiger charge is 2.15. The standard InChI is InChI=1S/C18H27N3O2/c1-2-12-19-18(23)14-8-10-15(11-9-14)20-13-17(22)21-16-6-4-3-5-7-16/h8-11,16,20H,2-7,12-13H2,1H3,(H,19,23)(H,21,22). The molecule has 0 aromatic heterocycles. The summed E-state index contributed by atoms with van der Waals surface area (Å²) < 4.78 is 0. The maximum atomic E-state index is 11.9. The Morgan fingerprint density at radius 2 is 1.78 bits per heavy atom. The van der Waals surface area contributed by atoms with Crippen molar-refractivity contribution in [3.05, 3.63) is 29.8 Å². The minimum Gasteiger partial charge on any atom is -0.376 e. The van der Waals surface area contributed by atoms with E-state index in [-0.39, 0.29) is 18.4 Å². The molecule has 0 atom stereocenters. The molecule has 5 heteroatoms.